The fraction of sp³-hybridized carbons (Fsp3) is 0.389. The highest BCUT2D eigenvalue weighted by Gasteiger charge is 2.03. The Bertz CT molecular complexity index is 684. The predicted octanol–water partition coefficient (Wildman–Crippen LogP) is 1.98. The highest BCUT2D eigenvalue weighted by molar-refractivity contribution is 7.09. The van der Waals surface area contributed by atoms with E-state index in [0.717, 1.165) is 29.6 Å². The molecule has 0 aliphatic heterocycles. The third kappa shape index (κ3) is 6.93. The molecule has 3 N–H and O–H groups in total. The molecular formula is C18H25N5OS. The van der Waals surface area contributed by atoms with Crippen LogP contribution in [0.1, 0.15) is 28.0 Å². The van der Waals surface area contributed by atoms with E-state index in [4.69, 9.17) is 0 Å². The number of aromatic nitrogens is 1. The first-order valence-corrected chi connectivity index (χ1v) is 9.33. The van der Waals surface area contributed by atoms with Crippen LogP contribution < -0.4 is 16.0 Å². The fourth-order valence-electron chi connectivity index (χ4n) is 2.20. The van der Waals surface area contributed by atoms with Gasteiger partial charge in [-0.25, -0.2) is 4.98 Å². The number of amides is 1. The molecule has 25 heavy (non-hydrogen) atoms. The van der Waals surface area contributed by atoms with Crippen molar-refractivity contribution in [2.45, 2.75) is 20.3 Å². The van der Waals surface area contributed by atoms with Crippen molar-refractivity contribution in [2.75, 3.05) is 26.2 Å². The summed E-state index contributed by atoms with van der Waals surface area (Å²) in [5.41, 5.74) is 1.75. The summed E-state index contributed by atoms with van der Waals surface area (Å²) >= 11 is 1.66. The highest BCUT2D eigenvalue weighted by atomic mass is 32.1. The Morgan fingerprint density at radius 1 is 1.16 bits per heavy atom. The molecule has 1 aromatic carbocycles. The molecule has 0 aliphatic rings. The van der Waals surface area contributed by atoms with Crippen LogP contribution in [0.4, 0.5) is 0 Å². The van der Waals surface area contributed by atoms with Crippen LogP contribution in [0.5, 0.6) is 0 Å². The molecular weight excluding hydrogens is 334 g/mol. The zero-order valence-electron chi connectivity index (χ0n) is 14.7. The van der Waals surface area contributed by atoms with Crippen LogP contribution in [-0.2, 0) is 6.42 Å². The SMILES string of the molecule is CCNC(=NCCc1csc(C)n1)NCCNC(=O)c1ccccc1. The number of rotatable bonds is 8. The lowest BCUT2D eigenvalue weighted by atomic mass is 10.2. The van der Waals surface area contributed by atoms with E-state index < -0.39 is 0 Å². The maximum absolute atomic E-state index is 12.0. The first kappa shape index (κ1) is 18.9. The molecule has 1 heterocycles. The van der Waals surface area contributed by atoms with Gasteiger partial charge in [0.2, 0.25) is 0 Å². The van der Waals surface area contributed by atoms with E-state index in [1.165, 1.54) is 0 Å². The van der Waals surface area contributed by atoms with Gasteiger partial charge in [-0.05, 0) is 26.0 Å². The first-order chi connectivity index (χ1) is 12.2. The third-order valence-corrected chi connectivity index (χ3v) is 4.21. The van der Waals surface area contributed by atoms with Gasteiger partial charge in [0.15, 0.2) is 5.96 Å². The monoisotopic (exact) mass is 359 g/mol. The second kappa shape index (κ2) is 10.5. The van der Waals surface area contributed by atoms with Crippen LogP contribution in [0.2, 0.25) is 0 Å². The number of carbonyl (C=O) groups excluding carboxylic acids is 1. The van der Waals surface area contributed by atoms with E-state index in [9.17, 15) is 4.79 Å². The summed E-state index contributed by atoms with van der Waals surface area (Å²) in [7, 11) is 0. The smallest absolute Gasteiger partial charge is 0.251 e. The molecule has 0 saturated carbocycles. The molecule has 0 radical (unpaired) electrons. The summed E-state index contributed by atoms with van der Waals surface area (Å²) in [6.45, 7) is 6.64. The Hall–Kier alpha value is -2.41. The zero-order chi connectivity index (χ0) is 17.9. The van der Waals surface area contributed by atoms with Crippen molar-refractivity contribution < 1.29 is 4.79 Å². The Labute approximate surface area is 152 Å². The highest BCUT2D eigenvalue weighted by Crippen LogP contribution is 2.08. The van der Waals surface area contributed by atoms with Crippen molar-refractivity contribution in [3.63, 3.8) is 0 Å². The molecule has 0 bridgehead atoms. The Morgan fingerprint density at radius 2 is 1.92 bits per heavy atom. The minimum Gasteiger partial charge on any atom is -0.357 e. The zero-order valence-corrected chi connectivity index (χ0v) is 15.5. The summed E-state index contributed by atoms with van der Waals surface area (Å²) in [4.78, 5) is 20.9. The minimum atomic E-state index is -0.0664. The Kier molecular flexibility index (Phi) is 7.91. The van der Waals surface area contributed by atoms with Crippen molar-refractivity contribution in [3.05, 3.63) is 52.0 Å². The van der Waals surface area contributed by atoms with Gasteiger partial charge in [-0.2, -0.15) is 0 Å². The molecule has 0 saturated heterocycles. The summed E-state index contributed by atoms with van der Waals surface area (Å²) in [5.74, 6) is 0.687. The molecule has 1 aromatic heterocycles. The van der Waals surface area contributed by atoms with Crippen molar-refractivity contribution >= 4 is 23.2 Å². The number of hydrogen-bond acceptors (Lipinski definition) is 4. The first-order valence-electron chi connectivity index (χ1n) is 8.45. The number of aryl methyl sites for hydroxylation is 1. The standard InChI is InChI=1S/C18H25N5OS/c1-3-19-18(21-10-9-16-13-25-14(2)23-16)22-12-11-20-17(24)15-7-5-4-6-8-15/h4-8,13H,3,9-12H2,1-2H3,(H,20,24)(H2,19,21,22). The Morgan fingerprint density at radius 3 is 2.60 bits per heavy atom. The number of hydrogen-bond donors (Lipinski definition) is 3. The molecule has 0 fully saturated rings. The lowest BCUT2D eigenvalue weighted by molar-refractivity contribution is 0.0954. The fourth-order valence-corrected chi connectivity index (χ4v) is 2.84. The molecule has 134 valence electrons. The maximum Gasteiger partial charge on any atom is 0.251 e. The summed E-state index contributed by atoms with van der Waals surface area (Å²) in [6.07, 6.45) is 0.825. The van der Waals surface area contributed by atoms with Crippen molar-refractivity contribution in [1.82, 2.24) is 20.9 Å². The number of aliphatic imine (C=N–C) groups is 1. The second-order valence-corrected chi connectivity index (χ2v) is 6.48. The van der Waals surface area contributed by atoms with E-state index in [1.54, 1.807) is 23.5 Å². The lowest BCUT2D eigenvalue weighted by Gasteiger charge is -2.11. The van der Waals surface area contributed by atoms with Crippen molar-refractivity contribution in [3.8, 4) is 0 Å². The maximum atomic E-state index is 12.0. The average molecular weight is 359 g/mol. The van der Waals surface area contributed by atoms with Gasteiger partial charge in [-0.15, -0.1) is 11.3 Å². The molecule has 6 nitrogen and oxygen atoms in total. The van der Waals surface area contributed by atoms with Gasteiger partial charge >= 0.3 is 0 Å². The van der Waals surface area contributed by atoms with Crippen molar-refractivity contribution in [1.29, 1.82) is 0 Å². The summed E-state index contributed by atoms with van der Waals surface area (Å²) < 4.78 is 0. The molecule has 0 spiro atoms. The van der Waals surface area contributed by atoms with E-state index in [0.29, 0.717) is 25.2 Å². The predicted molar refractivity (Wildman–Crippen MR) is 103 cm³/mol. The van der Waals surface area contributed by atoms with Gasteiger partial charge in [-0.3, -0.25) is 9.79 Å². The quantitative estimate of drug-likeness (QED) is 0.383. The summed E-state index contributed by atoms with van der Waals surface area (Å²) in [6, 6.07) is 9.20. The van der Waals surface area contributed by atoms with Crippen LogP contribution >= 0.6 is 11.3 Å². The normalized spacial score (nSPS) is 11.2. The van der Waals surface area contributed by atoms with Crippen LogP contribution in [0.25, 0.3) is 0 Å². The molecule has 0 unspecified atom stereocenters. The molecule has 0 atom stereocenters. The van der Waals surface area contributed by atoms with Crippen molar-refractivity contribution in [2.24, 2.45) is 4.99 Å². The largest absolute Gasteiger partial charge is 0.357 e. The van der Waals surface area contributed by atoms with Crippen LogP contribution in [-0.4, -0.2) is 43.0 Å². The number of thiazole rings is 1. The molecule has 2 rings (SSSR count). The number of benzene rings is 1. The van der Waals surface area contributed by atoms with Gasteiger partial charge in [0, 0.05) is 43.5 Å². The topological polar surface area (TPSA) is 78.4 Å². The number of nitrogens with one attached hydrogen (secondary N) is 3. The average Bonchev–Trinajstić information content (AvgIpc) is 3.04. The Balaban J connectivity index is 1.71. The van der Waals surface area contributed by atoms with Crippen LogP contribution in [0.3, 0.4) is 0 Å². The van der Waals surface area contributed by atoms with Gasteiger partial charge in [0.05, 0.1) is 10.7 Å². The minimum absolute atomic E-state index is 0.0664. The molecule has 2 aromatic rings. The van der Waals surface area contributed by atoms with E-state index in [1.807, 2.05) is 32.0 Å². The molecule has 0 aliphatic carbocycles. The molecule has 7 heteroatoms. The third-order valence-electron chi connectivity index (χ3n) is 3.39. The van der Waals surface area contributed by atoms with Crippen LogP contribution in [0.15, 0.2) is 40.7 Å². The van der Waals surface area contributed by atoms with Gasteiger partial charge < -0.3 is 16.0 Å². The number of nitrogens with zero attached hydrogens (tertiary/aromatic N) is 2. The van der Waals surface area contributed by atoms with E-state index in [-0.39, 0.29) is 5.91 Å². The van der Waals surface area contributed by atoms with E-state index >= 15 is 0 Å². The van der Waals surface area contributed by atoms with Gasteiger partial charge in [0.25, 0.3) is 5.91 Å². The number of guanidine groups is 1. The number of carbonyl (C=O) groups is 1. The molecule has 1 amide bonds. The second-order valence-electron chi connectivity index (χ2n) is 5.42. The van der Waals surface area contributed by atoms with Gasteiger partial charge in [0.1, 0.15) is 0 Å². The van der Waals surface area contributed by atoms with E-state index in [2.05, 4.69) is 31.3 Å². The van der Waals surface area contributed by atoms with Crippen LogP contribution in [0, 0.1) is 6.92 Å². The lowest BCUT2D eigenvalue weighted by Crippen LogP contribution is -2.41. The summed E-state index contributed by atoms with van der Waals surface area (Å²) in [5, 5.41) is 12.5. The van der Waals surface area contributed by atoms with Gasteiger partial charge in [-0.1, -0.05) is 18.2 Å².